The van der Waals surface area contributed by atoms with Crippen molar-refractivity contribution in [2.24, 2.45) is 5.84 Å². The molecule has 4 nitrogen and oxygen atoms in total. The van der Waals surface area contributed by atoms with Crippen LogP contribution in [0.25, 0.3) is 0 Å². The second-order valence-electron chi connectivity index (χ2n) is 2.34. The first-order valence-electron chi connectivity index (χ1n) is 3.62. The van der Waals surface area contributed by atoms with Crippen molar-refractivity contribution in [1.29, 1.82) is 0 Å². The van der Waals surface area contributed by atoms with Gasteiger partial charge in [0.05, 0.1) is 0 Å². The maximum atomic E-state index is 5.60. The third-order valence-corrected chi connectivity index (χ3v) is 1.34. The number of allylic oxidation sites excluding steroid dienone is 1. The Hall–Kier alpha value is -1.55. The Bertz CT molecular complexity index is 282. The van der Waals surface area contributed by atoms with E-state index in [0.29, 0.717) is 11.5 Å². The van der Waals surface area contributed by atoms with Crippen molar-refractivity contribution in [2.75, 3.05) is 10.7 Å². The van der Waals surface area contributed by atoms with Gasteiger partial charge in [-0.3, -0.25) is 5.01 Å². The summed E-state index contributed by atoms with van der Waals surface area (Å²) >= 11 is 0. The van der Waals surface area contributed by atoms with Crippen molar-refractivity contribution < 1.29 is 0 Å². The number of hydrazine groups is 1. The van der Waals surface area contributed by atoms with Crippen molar-refractivity contribution in [3.63, 3.8) is 0 Å². The summed E-state index contributed by atoms with van der Waals surface area (Å²) in [6, 6.07) is 3.42. The second kappa shape index (κ2) is 3.73. The number of anilines is 2. The molecule has 0 amide bonds. The van der Waals surface area contributed by atoms with Gasteiger partial charge in [0.15, 0.2) is 0 Å². The summed E-state index contributed by atoms with van der Waals surface area (Å²) in [7, 11) is 0. The van der Waals surface area contributed by atoms with E-state index >= 15 is 0 Å². The highest BCUT2D eigenvalue weighted by Crippen LogP contribution is 2.10. The summed E-state index contributed by atoms with van der Waals surface area (Å²) in [6.07, 6.45) is 5.15. The highest BCUT2D eigenvalue weighted by atomic mass is 15.4. The minimum Gasteiger partial charge on any atom is -0.399 e. The van der Waals surface area contributed by atoms with Crippen LogP contribution < -0.4 is 16.6 Å². The molecule has 0 aliphatic carbocycles. The van der Waals surface area contributed by atoms with E-state index in [1.54, 1.807) is 24.5 Å². The molecule has 0 fully saturated rings. The van der Waals surface area contributed by atoms with Gasteiger partial charge in [0.2, 0.25) is 0 Å². The first-order valence-corrected chi connectivity index (χ1v) is 3.62. The fraction of sp³-hybridized carbons (Fsp3) is 0.125. The predicted molar refractivity (Wildman–Crippen MR) is 50.1 cm³/mol. The average Bonchev–Trinajstić information content (AvgIpc) is 2.05. The fourth-order valence-corrected chi connectivity index (χ4v) is 0.812. The van der Waals surface area contributed by atoms with E-state index in [0.717, 1.165) is 0 Å². The fourth-order valence-electron chi connectivity index (χ4n) is 0.812. The smallest absolute Gasteiger partial charge is 0.148 e. The molecule has 0 bridgehead atoms. The van der Waals surface area contributed by atoms with Gasteiger partial charge in [-0.15, -0.1) is 0 Å². The summed E-state index contributed by atoms with van der Waals surface area (Å²) < 4.78 is 0. The van der Waals surface area contributed by atoms with Gasteiger partial charge < -0.3 is 5.73 Å². The molecule has 0 radical (unpaired) electrons. The standard InChI is InChI=1S/C8H12N4/c1-2-5-12(10)8-6-7(9)3-4-11-8/h2-6H,10H2,1H3,(H2,9,11)/b5-2-. The van der Waals surface area contributed by atoms with E-state index in [4.69, 9.17) is 11.6 Å². The molecule has 0 aromatic carbocycles. The highest BCUT2D eigenvalue weighted by molar-refractivity contribution is 5.50. The summed E-state index contributed by atoms with van der Waals surface area (Å²) in [5.74, 6) is 6.24. The topological polar surface area (TPSA) is 68.2 Å². The van der Waals surface area contributed by atoms with Gasteiger partial charge in [-0.05, 0) is 13.0 Å². The monoisotopic (exact) mass is 164 g/mol. The van der Waals surface area contributed by atoms with Crippen LogP contribution in [0.3, 0.4) is 0 Å². The Morgan fingerprint density at radius 1 is 1.58 bits per heavy atom. The Kier molecular flexibility index (Phi) is 2.66. The molecule has 0 aliphatic heterocycles. The molecule has 0 aliphatic rings. The Morgan fingerprint density at radius 3 is 2.92 bits per heavy atom. The zero-order chi connectivity index (χ0) is 8.97. The Balaban J connectivity index is 2.87. The van der Waals surface area contributed by atoms with E-state index in [9.17, 15) is 0 Å². The molecule has 0 unspecified atom stereocenters. The minimum atomic E-state index is 0.633. The number of pyridine rings is 1. The molecule has 1 heterocycles. The van der Waals surface area contributed by atoms with Crippen molar-refractivity contribution in [2.45, 2.75) is 6.92 Å². The molecule has 0 saturated carbocycles. The summed E-state index contributed by atoms with van der Waals surface area (Å²) in [4.78, 5) is 4.03. The molecule has 4 heteroatoms. The van der Waals surface area contributed by atoms with Crippen LogP contribution in [0.15, 0.2) is 30.6 Å². The third-order valence-electron chi connectivity index (χ3n) is 1.34. The van der Waals surface area contributed by atoms with Gasteiger partial charge in [-0.2, -0.15) is 0 Å². The molecule has 4 N–H and O–H groups in total. The molecule has 1 aromatic rings. The van der Waals surface area contributed by atoms with Gasteiger partial charge >= 0.3 is 0 Å². The molecule has 0 atom stereocenters. The molecule has 0 saturated heterocycles. The van der Waals surface area contributed by atoms with Gasteiger partial charge in [0.1, 0.15) is 5.82 Å². The van der Waals surface area contributed by atoms with Crippen LogP contribution in [0.2, 0.25) is 0 Å². The molecular formula is C8H12N4. The van der Waals surface area contributed by atoms with Crippen molar-refractivity contribution in [3.05, 3.63) is 30.6 Å². The van der Waals surface area contributed by atoms with Gasteiger partial charge in [0, 0.05) is 24.2 Å². The Labute approximate surface area is 71.5 Å². The lowest BCUT2D eigenvalue weighted by molar-refractivity contribution is 1.03. The summed E-state index contributed by atoms with van der Waals surface area (Å²) in [5.41, 5.74) is 6.20. The first kappa shape index (κ1) is 8.55. The SMILES string of the molecule is C/C=C\N(N)c1cc(N)ccn1. The first-order chi connectivity index (χ1) is 5.74. The highest BCUT2D eigenvalue weighted by Gasteiger charge is 1.97. The van der Waals surface area contributed by atoms with Crippen LogP contribution in [0, 0.1) is 0 Å². The Morgan fingerprint density at radius 2 is 2.33 bits per heavy atom. The molecule has 1 aromatic heterocycles. The number of aromatic nitrogens is 1. The van der Waals surface area contributed by atoms with Crippen molar-refractivity contribution in [3.8, 4) is 0 Å². The maximum Gasteiger partial charge on any atom is 0.148 e. The minimum absolute atomic E-state index is 0.633. The number of nitrogens with two attached hydrogens (primary N) is 2. The van der Waals surface area contributed by atoms with Crippen LogP contribution in [-0.2, 0) is 0 Å². The van der Waals surface area contributed by atoms with Gasteiger partial charge in [-0.1, -0.05) is 6.08 Å². The number of nitrogen functional groups attached to an aromatic ring is 1. The van der Waals surface area contributed by atoms with Crippen LogP contribution in [0.4, 0.5) is 11.5 Å². The number of hydrogen-bond donors (Lipinski definition) is 2. The normalized spacial score (nSPS) is 10.5. The van der Waals surface area contributed by atoms with Crippen LogP contribution in [0.1, 0.15) is 6.92 Å². The quantitative estimate of drug-likeness (QED) is 0.503. The van der Waals surface area contributed by atoms with E-state index in [1.807, 2.05) is 13.0 Å². The van der Waals surface area contributed by atoms with Crippen LogP contribution in [0.5, 0.6) is 0 Å². The number of rotatable bonds is 2. The van der Waals surface area contributed by atoms with Crippen molar-refractivity contribution in [1.82, 2.24) is 4.98 Å². The zero-order valence-electron chi connectivity index (χ0n) is 6.94. The lowest BCUT2D eigenvalue weighted by Gasteiger charge is -2.11. The summed E-state index contributed by atoms with van der Waals surface area (Å²) in [6.45, 7) is 1.88. The van der Waals surface area contributed by atoms with E-state index < -0.39 is 0 Å². The van der Waals surface area contributed by atoms with Crippen molar-refractivity contribution >= 4 is 11.5 Å². The number of nitrogens with zero attached hydrogens (tertiary/aromatic N) is 2. The molecular weight excluding hydrogens is 152 g/mol. The predicted octanol–water partition coefficient (Wildman–Crippen LogP) is 0.878. The largest absolute Gasteiger partial charge is 0.399 e. The van der Waals surface area contributed by atoms with E-state index in [1.165, 1.54) is 5.01 Å². The molecule has 64 valence electrons. The van der Waals surface area contributed by atoms with Crippen LogP contribution >= 0.6 is 0 Å². The average molecular weight is 164 g/mol. The van der Waals surface area contributed by atoms with E-state index in [2.05, 4.69) is 4.98 Å². The number of hydrogen-bond acceptors (Lipinski definition) is 4. The molecule has 1 rings (SSSR count). The summed E-state index contributed by atoms with van der Waals surface area (Å²) in [5, 5.41) is 1.41. The molecule has 0 spiro atoms. The van der Waals surface area contributed by atoms with E-state index in [-0.39, 0.29) is 0 Å². The lowest BCUT2D eigenvalue weighted by atomic mass is 10.4. The lowest BCUT2D eigenvalue weighted by Crippen LogP contribution is -2.24. The zero-order valence-corrected chi connectivity index (χ0v) is 6.94. The molecule has 12 heavy (non-hydrogen) atoms. The maximum absolute atomic E-state index is 5.60. The third kappa shape index (κ3) is 1.96. The van der Waals surface area contributed by atoms with Gasteiger partial charge in [0.25, 0.3) is 0 Å². The second-order valence-corrected chi connectivity index (χ2v) is 2.34. The van der Waals surface area contributed by atoms with Gasteiger partial charge in [-0.25, -0.2) is 10.8 Å². The van der Waals surface area contributed by atoms with Crippen LogP contribution in [-0.4, -0.2) is 4.98 Å².